The highest BCUT2D eigenvalue weighted by molar-refractivity contribution is 7.54. The molecular formula is C4H8FO5P. The molecule has 0 aromatic carbocycles. The fourth-order valence-corrected chi connectivity index (χ4v) is 1.17. The number of hydrogen-bond acceptors (Lipinski definition) is 3. The maximum atomic E-state index is 12.3. The van der Waals surface area contributed by atoms with E-state index in [1.54, 1.807) is 0 Å². The number of halogens is 1. The third-order valence-electron chi connectivity index (χ3n) is 0.804. The Bertz CT molecular complexity index is 193. The second-order valence-electron chi connectivity index (χ2n) is 1.66. The van der Waals surface area contributed by atoms with Gasteiger partial charge < -0.3 is 14.5 Å². The molecule has 2 N–H and O–H groups in total. The Kier molecular flexibility index (Phi) is 3.65. The Hall–Kier alpha value is -0.450. The molecule has 0 spiro atoms. The summed E-state index contributed by atoms with van der Waals surface area (Å²) in [6.07, 6.45) is 0. The minimum Gasteiger partial charge on any atom is -0.479 e. The van der Waals surface area contributed by atoms with Crippen molar-refractivity contribution in [3.05, 3.63) is 0 Å². The first-order chi connectivity index (χ1) is 4.91. The van der Waals surface area contributed by atoms with Crippen molar-refractivity contribution < 1.29 is 28.3 Å². The van der Waals surface area contributed by atoms with Crippen molar-refractivity contribution in [3.63, 3.8) is 0 Å². The van der Waals surface area contributed by atoms with E-state index in [0.717, 1.165) is 0 Å². The van der Waals surface area contributed by atoms with Crippen LogP contribution in [0.5, 0.6) is 0 Å². The van der Waals surface area contributed by atoms with Crippen LogP contribution in [0.3, 0.4) is 0 Å². The summed E-state index contributed by atoms with van der Waals surface area (Å²) in [4.78, 5) is 18.4. The van der Waals surface area contributed by atoms with E-state index in [0.29, 0.717) is 0 Å². The Morgan fingerprint density at radius 3 is 2.55 bits per heavy atom. The van der Waals surface area contributed by atoms with Crippen molar-refractivity contribution in [3.8, 4) is 0 Å². The molecule has 0 saturated heterocycles. The van der Waals surface area contributed by atoms with Gasteiger partial charge in [-0.25, -0.2) is 9.18 Å². The SMILES string of the molecule is CCOP(=O)(O)C(F)C(=O)O. The average Bonchev–Trinajstić information content (AvgIpc) is 1.86. The maximum absolute atomic E-state index is 12.3. The van der Waals surface area contributed by atoms with E-state index >= 15 is 0 Å². The topological polar surface area (TPSA) is 83.8 Å². The molecule has 66 valence electrons. The lowest BCUT2D eigenvalue weighted by atomic mass is 10.8. The quantitative estimate of drug-likeness (QED) is 0.627. The predicted molar refractivity (Wildman–Crippen MR) is 34.0 cm³/mol. The second kappa shape index (κ2) is 3.80. The van der Waals surface area contributed by atoms with E-state index in [-0.39, 0.29) is 6.61 Å². The van der Waals surface area contributed by atoms with Gasteiger partial charge in [-0.1, -0.05) is 0 Å². The van der Waals surface area contributed by atoms with Gasteiger partial charge in [0.25, 0.3) is 5.91 Å². The molecule has 0 fully saturated rings. The summed E-state index contributed by atoms with van der Waals surface area (Å²) in [6, 6.07) is 0. The molecule has 0 heterocycles. The van der Waals surface area contributed by atoms with Crippen LogP contribution < -0.4 is 0 Å². The van der Waals surface area contributed by atoms with Crippen molar-refractivity contribution in [2.45, 2.75) is 12.8 Å². The van der Waals surface area contributed by atoms with Gasteiger partial charge in [0.2, 0.25) is 0 Å². The van der Waals surface area contributed by atoms with Crippen LogP contribution in [0.1, 0.15) is 6.92 Å². The summed E-state index contributed by atoms with van der Waals surface area (Å²) in [5, 5.41) is 7.96. The van der Waals surface area contributed by atoms with E-state index in [1.807, 2.05) is 0 Å². The van der Waals surface area contributed by atoms with Crippen LogP contribution >= 0.6 is 7.60 Å². The molecule has 0 bridgehead atoms. The molecule has 0 aliphatic rings. The zero-order valence-electron chi connectivity index (χ0n) is 5.73. The van der Waals surface area contributed by atoms with Crippen molar-refractivity contribution in [2.75, 3.05) is 6.61 Å². The number of rotatable bonds is 4. The molecule has 0 aliphatic heterocycles. The first-order valence-electron chi connectivity index (χ1n) is 2.75. The molecule has 0 amide bonds. The number of aliphatic carboxylic acids is 1. The maximum Gasteiger partial charge on any atom is 0.373 e. The molecule has 0 aromatic rings. The van der Waals surface area contributed by atoms with E-state index in [2.05, 4.69) is 4.52 Å². The molecule has 0 radical (unpaired) electrons. The lowest BCUT2D eigenvalue weighted by Gasteiger charge is -2.10. The Balaban J connectivity index is 4.30. The Morgan fingerprint density at radius 2 is 2.27 bits per heavy atom. The molecule has 0 aliphatic carbocycles. The monoisotopic (exact) mass is 186 g/mol. The lowest BCUT2D eigenvalue weighted by molar-refractivity contribution is -0.140. The zero-order valence-corrected chi connectivity index (χ0v) is 6.62. The van der Waals surface area contributed by atoms with E-state index in [4.69, 9.17) is 10.00 Å². The van der Waals surface area contributed by atoms with E-state index in [1.165, 1.54) is 6.92 Å². The van der Waals surface area contributed by atoms with Gasteiger partial charge in [0.15, 0.2) is 0 Å². The van der Waals surface area contributed by atoms with Crippen LogP contribution in [0.4, 0.5) is 4.39 Å². The van der Waals surface area contributed by atoms with Gasteiger partial charge in [0.1, 0.15) is 0 Å². The van der Waals surface area contributed by atoms with Gasteiger partial charge in [-0.2, -0.15) is 0 Å². The molecular weight excluding hydrogens is 178 g/mol. The van der Waals surface area contributed by atoms with Crippen molar-refractivity contribution in [1.82, 2.24) is 0 Å². The van der Waals surface area contributed by atoms with Gasteiger partial charge in [-0.3, -0.25) is 4.57 Å². The summed E-state index contributed by atoms with van der Waals surface area (Å²) in [5.74, 6) is -4.85. The second-order valence-corrected chi connectivity index (χ2v) is 3.50. The standard InChI is InChI=1S/C4H8FO5P/c1-2-10-11(8,9)3(5)4(6)7/h3H,2H2,1H3,(H,6,7)(H,8,9). The number of alkyl halides is 1. The first-order valence-corrected chi connectivity index (χ1v) is 4.40. The highest BCUT2D eigenvalue weighted by Crippen LogP contribution is 2.47. The minimum absolute atomic E-state index is 0.207. The Labute approximate surface area is 62.3 Å². The number of carboxylic acid groups (broad SMARTS) is 1. The Morgan fingerprint density at radius 1 is 1.82 bits per heavy atom. The highest BCUT2D eigenvalue weighted by Gasteiger charge is 2.38. The average molecular weight is 186 g/mol. The highest BCUT2D eigenvalue weighted by atomic mass is 31.2. The van der Waals surface area contributed by atoms with Crippen LogP contribution in [0.15, 0.2) is 0 Å². The van der Waals surface area contributed by atoms with Gasteiger partial charge in [0, 0.05) is 0 Å². The minimum atomic E-state index is -4.61. The van der Waals surface area contributed by atoms with Crippen molar-refractivity contribution in [1.29, 1.82) is 0 Å². The largest absolute Gasteiger partial charge is 0.479 e. The first kappa shape index (κ1) is 10.6. The molecule has 7 heteroatoms. The fourth-order valence-electron chi connectivity index (χ4n) is 0.390. The summed E-state index contributed by atoms with van der Waals surface area (Å²) in [7, 11) is -4.61. The summed E-state index contributed by atoms with van der Waals surface area (Å²) in [5.41, 5.74) is 0. The van der Waals surface area contributed by atoms with Gasteiger partial charge in [-0.05, 0) is 6.92 Å². The normalized spacial score (nSPS) is 18.8. The molecule has 5 nitrogen and oxygen atoms in total. The van der Waals surface area contributed by atoms with Gasteiger partial charge >= 0.3 is 13.6 Å². The van der Waals surface area contributed by atoms with Crippen LogP contribution in [0.25, 0.3) is 0 Å². The van der Waals surface area contributed by atoms with Gasteiger partial charge in [-0.15, -0.1) is 0 Å². The van der Waals surface area contributed by atoms with E-state index in [9.17, 15) is 13.8 Å². The smallest absolute Gasteiger partial charge is 0.373 e. The summed E-state index contributed by atoms with van der Waals surface area (Å²) in [6.45, 7) is 1.15. The van der Waals surface area contributed by atoms with E-state index < -0.39 is 19.5 Å². The van der Waals surface area contributed by atoms with Crippen molar-refractivity contribution in [2.24, 2.45) is 0 Å². The van der Waals surface area contributed by atoms with Crippen LogP contribution in [0.2, 0.25) is 0 Å². The van der Waals surface area contributed by atoms with Crippen LogP contribution in [-0.2, 0) is 13.9 Å². The van der Waals surface area contributed by atoms with Crippen molar-refractivity contribution >= 4 is 13.6 Å². The zero-order chi connectivity index (χ0) is 9.07. The predicted octanol–water partition coefficient (Wildman–Crippen LogP) is 0.589. The molecule has 11 heavy (non-hydrogen) atoms. The summed E-state index contributed by atoms with van der Waals surface area (Å²) >= 11 is 0. The fraction of sp³-hybridized carbons (Fsp3) is 0.750. The third-order valence-corrected chi connectivity index (χ3v) is 2.23. The number of hydrogen-bond donors (Lipinski definition) is 2. The number of carbonyl (C=O) groups is 1. The molecule has 0 aromatic heterocycles. The van der Waals surface area contributed by atoms with Gasteiger partial charge in [0.05, 0.1) is 6.61 Å². The molecule has 2 unspecified atom stereocenters. The molecule has 0 rings (SSSR count). The summed E-state index contributed by atoms with van der Waals surface area (Å²) < 4.78 is 26.8. The molecule has 0 saturated carbocycles. The molecule has 2 atom stereocenters. The van der Waals surface area contributed by atoms with Crippen LogP contribution in [-0.4, -0.2) is 28.5 Å². The number of carboxylic acids is 1. The third kappa shape index (κ3) is 2.96. The van der Waals surface area contributed by atoms with Crippen LogP contribution in [0, 0.1) is 0 Å². The lowest BCUT2D eigenvalue weighted by Crippen LogP contribution is -2.16.